The SMILES string of the molecule is CCC(CC(=O)O)O[C@@H]1OC(C)[C@H](O)[C@H](O)C1O.CCC(CC(=O)O)O[C@@H]1OC(C)[C@H](O)[C@H](O)C1O.CCCC(CC(=O)O)OC(=O)CC(CCC)O[C@@H]1OC(C)[C@H](O)[C@H](O)C1O.CC[C@@H](CC(=O)O)O[C@@H]1OC(C)[C@H](O)[C@H](O)C1O.CC[C@@H](CC(=O)O)O[C@@H]1OC(C)[C@H](O)[C@H](O)C1O.CC[C@H](CC(=O)O)O[C@@H]1OC(C)[C@H](O)[C@H](O)C1O. The lowest BCUT2D eigenvalue weighted by Gasteiger charge is -2.40. The standard InChI is InChI=1S/C18H32O9.5C11H20O7/c1-4-6-11(8-13(19)20)26-14(21)9-12(7-5-2)27-18-17(24)16(23)15(22)10(3)25-18;5*1-3-6(4-7(12)13)18-11-10(16)9(15)8(14)5(2)17-11/h10-12,15-18,22-24H,4-9H2,1-3H3,(H,19,20);5*5-6,8-11,14-16H,3-4H2,1-2H3,(H,12,13)/t10?,11?,12?,15-,16-,17?,18-;2*5?,6?,8-,9-,10?,11-;5?,6-,8+,9+,10?,11+;2*5?,6-,8-,9-,10?,11-/m000100/s1. The summed E-state index contributed by atoms with van der Waals surface area (Å²) >= 11 is 0. The monoisotopic (exact) mass is 1710 g/mol. The minimum Gasteiger partial charge on any atom is -0.481 e. The Bertz CT molecular complexity index is 2490. The van der Waals surface area contributed by atoms with Crippen LogP contribution < -0.4 is 0 Å². The van der Waals surface area contributed by atoms with Crippen molar-refractivity contribution >= 4 is 41.8 Å². The average Bonchev–Trinajstić information content (AvgIpc) is 0.850. The molecule has 0 spiro atoms. The average molecular weight is 1710 g/mol. The van der Waals surface area contributed by atoms with Crippen LogP contribution in [0.25, 0.3) is 0 Å². The van der Waals surface area contributed by atoms with Crippen LogP contribution in [-0.4, -0.2) is 391 Å². The van der Waals surface area contributed by atoms with Gasteiger partial charge in [0.15, 0.2) is 37.7 Å². The molecular weight excluding hydrogens is 1580 g/mol. The first-order chi connectivity index (χ1) is 54.5. The fourth-order valence-corrected chi connectivity index (χ4v) is 12.0. The Morgan fingerprint density at radius 2 is 0.385 bits per heavy atom. The number of carbonyl (C=O) groups is 7. The van der Waals surface area contributed by atoms with Gasteiger partial charge in [0.05, 0.1) is 118 Å². The lowest BCUT2D eigenvalue weighted by atomic mass is 10.00. The first-order valence-electron chi connectivity index (χ1n) is 39.1. The van der Waals surface area contributed by atoms with Gasteiger partial charge in [-0.2, -0.15) is 0 Å². The quantitative estimate of drug-likeness (QED) is 0.0266. The van der Waals surface area contributed by atoms with Gasteiger partial charge in [0, 0.05) is 0 Å². The first kappa shape index (κ1) is 110. The topological polar surface area (TPSA) is 725 Å². The number of aliphatic carboxylic acids is 6. The van der Waals surface area contributed by atoms with E-state index in [1.54, 1.807) is 41.5 Å². The maximum atomic E-state index is 12.2. The zero-order valence-corrected chi connectivity index (χ0v) is 68.1. The number of hydrogen-bond acceptors (Lipinski definition) is 38. The van der Waals surface area contributed by atoms with Crippen LogP contribution in [-0.2, 0) is 95.1 Å². The molecule has 117 heavy (non-hydrogen) atoms. The lowest BCUT2D eigenvalue weighted by Crippen LogP contribution is -2.58. The molecule has 0 aliphatic carbocycles. The predicted molar refractivity (Wildman–Crippen MR) is 393 cm³/mol. The van der Waals surface area contributed by atoms with Crippen LogP contribution in [0.5, 0.6) is 0 Å². The first-order valence-corrected chi connectivity index (χ1v) is 39.1. The molecular formula is C73H132O44. The summed E-state index contributed by atoms with van der Waals surface area (Å²) in [6.45, 7) is 21.7. The summed E-state index contributed by atoms with van der Waals surface area (Å²) in [7, 11) is 0. The number of rotatable bonds is 36. The van der Waals surface area contributed by atoms with Gasteiger partial charge in [-0.05, 0) is 86.5 Å². The van der Waals surface area contributed by atoms with Crippen molar-refractivity contribution in [2.75, 3.05) is 0 Å². The van der Waals surface area contributed by atoms with E-state index in [1.807, 2.05) is 13.8 Å². The van der Waals surface area contributed by atoms with Gasteiger partial charge in [0.1, 0.15) is 116 Å². The number of ether oxygens (including phenoxy) is 13. The molecule has 0 aromatic heterocycles. The Balaban J connectivity index is 0.000000707. The minimum atomic E-state index is -1.45. The normalized spacial score (nSPS) is 36.6. The molecule has 44 nitrogen and oxygen atoms in total. The third kappa shape index (κ3) is 37.8. The molecule has 6 saturated heterocycles. The van der Waals surface area contributed by atoms with Crippen LogP contribution >= 0.6 is 0 Å². The number of aliphatic hydroxyl groups excluding tert-OH is 18. The Hall–Kier alpha value is -4.91. The largest absolute Gasteiger partial charge is 0.481 e. The van der Waals surface area contributed by atoms with E-state index < -0.39 is 269 Å². The van der Waals surface area contributed by atoms with Gasteiger partial charge >= 0.3 is 41.8 Å². The van der Waals surface area contributed by atoms with Crippen LogP contribution in [0.1, 0.15) is 193 Å². The predicted octanol–water partition coefficient (Wildman–Crippen LogP) is -4.01. The number of carboxylic acid groups (broad SMARTS) is 6. The highest BCUT2D eigenvalue weighted by Crippen LogP contribution is 2.31. The molecule has 37 atom stereocenters. The van der Waals surface area contributed by atoms with Crippen LogP contribution in [0.15, 0.2) is 0 Å². The van der Waals surface area contributed by atoms with Crippen molar-refractivity contribution in [2.24, 2.45) is 0 Å². The van der Waals surface area contributed by atoms with E-state index in [-0.39, 0.29) is 44.9 Å². The minimum absolute atomic E-state index is 0.132. The van der Waals surface area contributed by atoms with E-state index in [2.05, 4.69) is 0 Å². The molecule has 6 rings (SSSR count). The van der Waals surface area contributed by atoms with E-state index in [1.165, 1.54) is 34.6 Å². The fourth-order valence-electron chi connectivity index (χ4n) is 12.0. The van der Waals surface area contributed by atoms with Crippen LogP contribution in [0.2, 0.25) is 0 Å². The van der Waals surface area contributed by atoms with Crippen molar-refractivity contribution in [3.63, 3.8) is 0 Å². The summed E-state index contributed by atoms with van der Waals surface area (Å²) in [6, 6.07) is 0. The molecule has 0 saturated carbocycles. The van der Waals surface area contributed by atoms with Gasteiger partial charge in [0.2, 0.25) is 0 Å². The number of esters is 1. The van der Waals surface area contributed by atoms with Gasteiger partial charge < -0.3 is 184 Å². The molecule has 688 valence electrons. The lowest BCUT2D eigenvalue weighted by molar-refractivity contribution is -0.304. The van der Waals surface area contributed by atoms with E-state index >= 15 is 0 Å². The van der Waals surface area contributed by atoms with E-state index in [4.69, 9.17) is 92.2 Å². The van der Waals surface area contributed by atoms with E-state index in [0.29, 0.717) is 57.8 Å². The highest BCUT2D eigenvalue weighted by atomic mass is 16.7. The van der Waals surface area contributed by atoms with Crippen LogP contribution in [0.3, 0.4) is 0 Å². The number of carboxylic acids is 6. The maximum Gasteiger partial charge on any atom is 0.308 e. The second-order valence-corrected chi connectivity index (χ2v) is 29.2. The molecule has 44 heteroatoms. The second-order valence-electron chi connectivity index (χ2n) is 29.2. The molecule has 0 radical (unpaired) electrons. The molecule has 0 amide bonds. The van der Waals surface area contributed by atoms with Crippen molar-refractivity contribution in [3.8, 4) is 0 Å². The molecule has 24 N–H and O–H groups in total. The third-order valence-corrected chi connectivity index (χ3v) is 19.4. The molecule has 6 aliphatic heterocycles. The van der Waals surface area contributed by atoms with Gasteiger partial charge in [-0.25, -0.2) is 0 Å². The van der Waals surface area contributed by atoms with Crippen LogP contribution in [0, 0.1) is 0 Å². The molecule has 0 aromatic rings. The Morgan fingerprint density at radius 1 is 0.231 bits per heavy atom. The Morgan fingerprint density at radius 3 is 0.538 bits per heavy atom. The Labute approximate surface area is 677 Å². The zero-order valence-electron chi connectivity index (χ0n) is 68.1. The van der Waals surface area contributed by atoms with Crippen LogP contribution in [0.4, 0.5) is 0 Å². The maximum absolute atomic E-state index is 12.2. The zero-order chi connectivity index (χ0) is 89.9. The summed E-state index contributed by atoms with van der Waals surface area (Å²) in [6.07, 6.45) is -36.5. The molecule has 0 aromatic carbocycles. The Kier molecular flexibility index (Phi) is 52.0. The van der Waals surface area contributed by atoms with Gasteiger partial charge in [-0.15, -0.1) is 0 Å². The summed E-state index contributed by atoms with van der Waals surface area (Å²) < 4.78 is 69.1. The van der Waals surface area contributed by atoms with Gasteiger partial charge in [0.25, 0.3) is 0 Å². The number of carbonyl (C=O) groups excluding carboxylic acids is 1. The summed E-state index contributed by atoms with van der Waals surface area (Å²) in [5, 5.41) is 226. The molecule has 6 aliphatic rings. The van der Waals surface area contributed by atoms with Crippen molar-refractivity contribution < 1.29 is 218 Å². The molecule has 6 fully saturated rings. The van der Waals surface area contributed by atoms with Crippen molar-refractivity contribution in [2.45, 2.75) is 420 Å². The summed E-state index contributed by atoms with van der Waals surface area (Å²) in [4.78, 5) is 76.1. The third-order valence-electron chi connectivity index (χ3n) is 19.4. The summed E-state index contributed by atoms with van der Waals surface area (Å²) in [5.74, 6) is -6.70. The fraction of sp³-hybridized carbons (Fsp3) is 0.904. The van der Waals surface area contributed by atoms with Crippen molar-refractivity contribution in [1.29, 1.82) is 0 Å². The smallest absolute Gasteiger partial charge is 0.308 e. The molecule has 16 unspecified atom stereocenters. The van der Waals surface area contributed by atoms with Crippen molar-refractivity contribution in [3.05, 3.63) is 0 Å². The van der Waals surface area contributed by atoms with Gasteiger partial charge in [-0.1, -0.05) is 61.3 Å². The summed E-state index contributed by atoms with van der Waals surface area (Å²) in [5.41, 5.74) is 0. The van der Waals surface area contributed by atoms with Gasteiger partial charge in [-0.3, -0.25) is 33.6 Å². The van der Waals surface area contributed by atoms with E-state index in [0.717, 1.165) is 0 Å². The number of aliphatic hydroxyl groups is 18. The highest BCUT2D eigenvalue weighted by Gasteiger charge is 2.49. The molecule has 0 bridgehead atoms. The number of hydrogen-bond donors (Lipinski definition) is 24. The van der Waals surface area contributed by atoms with E-state index in [9.17, 15) is 125 Å². The highest BCUT2D eigenvalue weighted by molar-refractivity contribution is 5.72. The van der Waals surface area contributed by atoms with Crippen molar-refractivity contribution in [1.82, 2.24) is 0 Å². The second kappa shape index (κ2) is 55.3. The molecule has 6 heterocycles.